The van der Waals surface area contributed by atoms with Crippen LogP contribution in [0.2, 0.25) is 0 Å². The third-order valence-corrected chi connectivity index (χ3v) is 4.94. The Labute approximate surface area is 166 Å². The van der Waals surface area contributed by atoms with Gasteiger partial charge in [-0.1, -0.05) is 25.1 Å². The van der Waals surface area contributed by atoms with Crippen molar-refractivity contribution in [1.29, 1.82) is 0 Å². The molecule has 0 saturated carbocycles. The minimum Gasteiger partial charge on any atom is -0.319 e. The maximum absolute atomic E-state index is 13.7. The van der Waals surface area contributed by atoms with Gasteiger partial charge in [-0.05, 0) is 60.7 Å². The zero-order valence-corrected chi connectivity index (χ0v) is 16.6. The summed E-state index contributed by atoms with van der Waals surface area (Å²) in [5, 5.41) is 7.09. The normalized spacial score (nSPS) is 11.5. The second-order valence-electron chi connectivity index (χ2n) is 7.71. The van der Waals surface area contributed by atoms with E-state index in [-0.39, 0.29) is 12.2 Å². The van der Waals surface area contributed by atoms with E-state index in [4.69, 9.17) is 0 Å². The first-order chi connectivity index (χ1) is 13.6. The zero-order valence-electron chi connectivity index (χ0n) is 16.6. The standard InChI is InChI=1S/C22H21FN2O4/c1-12-5-6-14(23)9-18(12)22(3,4)11-19(26)20(27)24-15-7-8-16-17(10-15)13(2)25-29-21(16)28/h5-10H,11H2,1-4H3,(H,24,27). The quantitative estimate of drug-likeness (QED) is 0.662. The number of ketones is 1. The molecule has 0 aliphatic carbocycles. The van der Waals surface area contributed by atoms with E-state index in [1.807, 2.05) is 6.92 Å². The Balaban J connectivity index is 1.79. The summed E-state index contributed by atoms with van der Waals surface area (Å²) in [6.45, 7) is 7.10. The first kappa shape index (κ1) is 20.4. The number of benzene rings is 2. The zero-order chi connectivity index (χ0) is 21.3. The van der Waals surface area contributed by atoms with E-state index in [1.165, 1.54) is 24.3 Å². The summed E-state index contributed by atoms with van der Waals surface area (Å²) >= 11 is 0. The molecular formula is C22H21FN2O4. The van der Waals surface area contributed by atoms with Gasteiger partial charge >= 0.3 is 5.63 Å². The topological polar surface area (TPSA) is 89.3 Å². The third kappa shape index (κ3) is 4.23. The highest BCUT2D eigenvalue weighted by Crippen LogP contribution is 2.30. The summed E-state index contributed by atoms with van der Waals surface area (Å²) in [5.41, 5.74) is 1.09. The van der Waals surface area contributed by atoms with Crippen LogP contribution < -0.4 is 10.9 Å². The fraction of sp³-hybridized carbons (Fsp3) is 0.273. The molecule has 29 heavy (non-hydrogen) atoms. The van der Waals surface area contributed by atoms with Crippen molar-refractivity contribution >= 4 is 28.2 Å². The number of amides is 1. The summed E-state index contributed by atoms with van der Waals surface area (Å²) in [6.07, 6.45) is -0.0825. The van der Waals surface area contributed by atoms with Crippen LogP contribution in [-0.4, -0.2) is 16.8 Å². The van der Waals surface area contributed by atoms with Crippen LogP contribution in [0.3, 0.4) is 0 Å². The van der Waals surface area contributed by atoms with Crippen LogP contribution in [0.5, 0.6) is 0 Å². The molecular weight excluding hydrogens is 375 g/mol. The second-order valence-corrected chi connectivity index (χ2v) is 7.71. The lowest BCUT2D eigenvalue weighted by atomic mass is 9.78. The van der Waals surface area contributed by atoms with E-state index in [0.29, 0.717) is 27.7 Å². The minimum absolute atomic E-state index is 0.0825. The van der Waals surface area contributed by atoms with Gasteiger partial charge in [-0.3, -0.25) is 9.59 Å². The fourth-order valence-corrected chi connectivity index (χ4v) is 3.41. The molecule has 7 heteroatoms. The van der Waals surface area contributed by atoms with E-state index in [2.05, 4.69) is 15.0 Å². The number of carbonyl (C=O) groups excluding carboxylic acids is 2. The van der Waals surface area contributed by atoms with Crippen molar-refractivity contribution in [3.05, 3.63) is 69.5 Å². The van der Waals surface area contributed by atoms with Crippen molar-refractivity contribution in [3.63, 3.8) is 0 Å². The number of Topliss-reactive ketones (excluding diaryl/α,β-unsaturated/α-hetero) is 1. The van der Waals surface area contributed by atoms with Gasteiger partial charge in [-0.25, -0.2) is 9.18 Å². The number of hydrogen-bond donors (Lipinski definition) is 1. The van der Waals surface area contributed by atoms with Gasteiger partial charge in [-0.2, -0.15) is 0 Å². The van der Waals surface area contributed by atoms with Crippen LogP contribution in [0.1, 0.15) is 37.1 Å². The summed E-state index contributed by atoms with van der Waals surface area (Å²) in [5.74, 6) is -1.79. The van der Waals surface area contributed by atoms with Gasteiger partial charge in [-0.15, -0.1) is 0 Å². The number of fused-ring (bicyclic) bond motifs is 1. The molecule has 0 atom stereocenters. The predicted octanol–water partition coefficient (Wildman–Crippen LogP) is 3.82. The summed E-state index contributed by atoms with van der Waals surface area (Å²) in [4.78, 5) is 36.7. The lowest BCUT2D eigenvalue weighted by Crippen LogP contribution is -2.30. The average Bonchev–Trinajstić information content (AvgIpc) is 2.66. The van der Waals surface area contributed by atoms with Crippen molar-refractivity contribution in [3.8, 4) is 0 Å². The highest BCUT2D eigenvalue weighted by Gasteiger charge is 2.29. The van der Waals surface area contributed by atoms with Gasteiger partial charge in [0.2, 0.25) is 5.78 Å². The molecule has 0 aliphatic heterocycles. The van der Waals surface area contributed by atoms with Crippen LogP contribution in [-0.2, 0) is 15.0 Å². The van der Waals surface area contributed by atoms with Crippen LogP contribution >= 0.6 is 0 Å². The van der Waals surface area contributed by atoms with Gasteiger partial charge in [0, 0.05) is 17.5 Å². The molecule has 0 radical (unpaired) electrons. The van der Waals surface area contributed by atoms with Crippen molar-refractivity contribution < 1.29 is 18.5 Å². The summed E-state index contributed by atoms with van der Waals surface area (Å²) in [6, 6.07) is 9.01. The van der Waals surface area contributed by atoms with E-state index >= 15 is 0 Å². The van der Waals surface area contributed by atoms with Gasteiger partial charge in [0.25, 0.3) is 5.91 Å². The monoisotopic (exact) mass is 396 g/mol. The molecule has 1 amide bonds. The predicted molar refractivity (Wildman–Crippen MR) is 107 cm³/mol. The number of aromatic nitrogens is 1. The SMILES string of the molecule is Cc1ccc(F)cc1C(C)(C)CC(=O)C(=O)Nc1ccc2c(=O)onc(C)c2c1. The maximum atomic E-state index is 13.7. The highest BCUT2D eigenvalue weighted by atomic mass is 19.1. The van der Waals surface area contributed by atoms with Crippen LogP contribution in [0.15, 0.2) is 45.7 Å². The van der Waals surface area contributed by atoms with Crippen LogP contribution in [0.25, 0.3) is 10.8 Å². The average molecular weight is 396 g/mol. The number of anilines is 1. The largest absolute Gasteiger partial charge is 0.366 e. The highest BCUT2D eigenvalue weighted by molar-refractivity contribution is 6.40. The summed E-state index contributed by atoms with van der Waals surface area (Å²) in [7, 11) is 0. The molecule has 0 unspecified atom stereocenters. The van der Waals surface area contributed by atoms with Crippen molar-refractivity contribution in [2.75, 3.05) is 5.32 Å². The van der Waals surface area contributed by atoms with Gasteiger partial charge in [0.05, 0.1) is 11.1 Å². The van der Waals surface area contributed by atoms with E-state index in [1.54, 1.807) is 32.9 Å². The number of halogens is 1. The fourth-order valence-electron chi connectivity index (χ4n) is 3.41. The Hall–Kier alpha value is -3.35. The van der Waals surface area contributed by atoms with Crippen LogP contribution in [0.4, 0.5) is 10.1 Å². The molecule has 1 aromatic heterocycles. The first-order valence-corrected chi connectivity index (χ1v) is 9.09. The molecule has 6 nitrogen and oxygen atoms in total. The Morgan fingerprint density at radius 1 is 1.10 bits per heavy atom. The molecule has 0 saturated heterocycles. The number of hydrogen-bond acceptors (Lipinski definition) is 5. The number of rotatable bonds is 5. The molecule has 2 aromatic carbocycles. The Bertz CT molecular complexity index is 1180. The minimum atomic E-state index is -0.778. The second kappa shape index (κ2) is 7.58. The first-order valence-electron chi connectivity index (χ1n) is 9.09. The molecule has 0 fully saturated rings. The smallest absolute Gasteiger partial charge is 0.319 e. The molecule has 3 rings (SSSR count). The Kier molecular flexibility index (Phi) is 5.33. The molecule has 1 N–H and O–H groups in total. The third-order valence-electron chi connectivity index (χ3n) is 4.94. The Morgan fingerprint density at radius 3 is 2.55 bits per heavy atom. The lowest BCUT2D eigenvalue weighted by Gasteiger charge is -2.26. The van der Waals surface area contributed by atoms with Gasteiger partial charge in [0.1, 0.15) is 5.82 Å². The molecule has 3 aromatic rings. The van der Waals surface area contributed by atoms with E-state index in [9.17, 15) is 18.8 Å². The molecule has 0 spiro atoms. The molecule has 0 aliphatic rings. The van der Waals surface area contributed by atoms with E-state index in [0.717, 1.165) is 5.56 Å². The summed E-state index contributed by atoms with van der Waals surface area (Å²) < 4.78 is 18.3. The molecule has 150 valence electrons. The molecule has 1 heterocycles. The van der Waals surface area contributed by atoms with Crippen molar-refractivity contribution in [2.45, 2.75) is 39.5 Å². The maximum Gasteiger partial charge on any atom is 0.366 e. The number of carbonyl (C=O) groups is 2. The lowest BCUT2D eigenvalue weighted by molar-refractivity contribution is -0.135. The number of nitrogens with one attached hydrogen (secondary N) is 1. The van der Waals surface area contributed by atoms with Crippen molar-refractivity contribution in [2.24, 2.45) is 0 Å². The van der Waals surface area contributed by atoms with Gasteiger partial charge in [0.15, 0.2) is 0 Å². The number of aryl methyl sites for hydroxylation is 2. The van der Waals surface area contributed by atoms with Gasteiger partial charge < -0.3 is 9.84 Å². The van der Waals surface area contributed by atoms with Crippen molar-refractivity contribution in [1.82, 2.24) is 5.16 Å². The van der Waals surface area contributed by atoms with E-state index < -0.39 is 22.7 Å². The number of nitrogens with zero attached hydrogens (tertiary/aromatic N) is 1. The Morgan fingerprint density at radius 2 is 1.83 bits per heavy atom. The molecule has 0 bridgehead atoms. The van der Waals surface area contributed by atoms with Crippen LogP contribution in [0, 0.1) is 19.7 Å².